The van der Waals surface area contributed by atoms with E-state index in [1.165, 1.54) is 0 Å². The minimum absolute atomic E-state index is 0.280. The molecule has 0 unspecified atom stereocenters. The minimum Gasteiger partial charge on any atom is -0.494 e. The lowest BCUT2D eigenvalue weighted by Crippen LogP contribution is -2.24. The molecule has 0 bridgehead atoms. The Morgan fingerprint density at radius 2 is 1.94 bits per heavy atom. The predicted octanol–water partition coefficient (Wildman–Crippen LogP) is 1.86. The Balaban J connectivity index is 3.60. The van der Waals surface area contributed by atoms with Crippen molar-refractivity contribution in [2.45, 2.75) is 10.4 Å². The number of alkyl halides is 3. The molecule has 0 atom stereocenters. The van der Waals surface area contributed by atoms with Gasteiger partial charge in [-0.25, -0.2) is 8.42 Å². The number of halogens is 3. The number of nitriles is 1. The Labute approximate surface area is 95.2 Å². The molecular weight excluding hydrogens is 259 g/mol. The van der Waals surface area contributed by atoms with Crippen LogP contribution in [-0.2, 0) is 9.84 Å². The largest absolute Gasteiger partial charge is 0.502 e. The van der Waals surface area contributed by atoms with Crippen LogP contribution in [0.15, 0.2) is 23.1 Å². The second kappa shape index (κ2) is 4.25. The van der Waals surface area contributed by atoms with Gasteiger partial charge in [0.15, 0.2) is 5.75 Å². The van der Waals surface area contributed by atoms with Gasteiger partial charge in [0.2, 0.25) is 0 Å². The summed E-state index contributed by atoms with van der Waals surface area (Å²) in [6.45, 7) is 0. The highest BCUT2D eigenvalue weighted by atomic mass is 32.2. The molecule has 1 aromatic rings. The molecule has 0 N–H and O–H groups in total. The van der Waals surface area contributed by atoms with Crippen molar-refractivity contribution in [3.05, 3.63) is 23.8 Å². The topological polar surface area (TPSA) is 67.2 Å². The van der Waals surface area contributed by atoms with Crippen LogP contribution in [-0.4, -0.2) is 21.0 Å². The Morgan fingerprint density at radius 3 is 2.35 bits per heavy atom. The fraction of sp³-hybridized carbons (Fsp3) is 0.222. The van der Waals surface area contributed by atoms with Crippen LogP contribution in [0.4, 0.5) is 13.2 Å². The number of benzene rings is 1. The quantitative estimate of drug-likeness (QED) is 0.818. The monoisotopic (exact) mass is 265 g/mol. The smallest absolute Gasteiger partial charge is 0.494 e. The van der Waals surface area contributed by atoms with Gasteiger partial charge >= 0.3 is 5.51 Å². The highest BCUT2D eigenvalue weighted by Crippen LogP contribution is 2.36. The predicted molar refractivity (Wildman–Crippen MR) is 50.9 cm³/mol. The van der Waals surface area contributed by atoms with E-state index in [0.717, 1.165) is 25.3 Å². The summed E-state index contributed by atoms with van der Waals surface area (Å²) >= 11 is 0. The third-order valence-electron chi connectivity index (χ3n) is 1.90. The maximum atomic E-state index is 12.3. The summed E-state index contributed by atoms with van der Waals surface area (Å²) in [6.07, 6.45) is 0. The van der Waals surface area contributed by atoms with Crippen molar-refractivity contribution in [3.63, 3.8) is 0 Å². The van der Waals surface area contributed by atoms with Crippen LogP contribution in [0.2, 0.25) is 0 Å². The molecule has 0 amide bonds. The van der Waals surface area contributed by atoms with E-state index in [4.69, 9.17) is 5.26 Å². The van der Waals surface area contributed by atoms with E-state index in [1.54, 1.807) is 6.07 Å². The Kier molecular flexibility index (Phi) is 3.33. The van der Waals surface area contributed by atoms with Crippen LogP contribution in [0.3, 0.4) is 0 Å². The van der Waals surface area contributed by atoms with Crippen LogP contribution in [0, 0.1) is 11.3 Å². The van der Waals surface area contributed by atoms with E-state index in [1.807, 2.05) is 0 Å². The van der Waals surface area contributed by atoms with Gasteiger partial charge in [-0.15, -0.1) is 0 Å². The molecule has 8 heteroatoms. The summed E-state index contributed by atoms with van der Waals surface area (Å²) in [5.41, 5.74) is -5.72. The Hall–Kier alpha value is -1.75. The number of hydrogen-bond acceptors (Lipinski definition) is 4. The number of hydrogen-bond donors (Lipinski definition) is 0. The van der Waals surface area contributed by atoms with Gasteiger partial charge in [-0.2, -0.15) is 18.4 Å². The Bertz CT molecular complexity index is 572. The zero-order valence-corrected chi connectivity index (χ0v) is 9.26. The van der Waals surface area contributed by atoms with Crippen molar-refractivity contribution in [1.82, 2.24) is 0 Å². The summed E-state index contributed by atoms with van der Waals surface area (Å²) in [5, 5.41) is 8.64. The van der Waals surface area contributed by atoms with Gasteiger partial charge in [0, 0.05) is 0 Å². The van der Waals surface area contributed by atoms with Gasteiger partial charge in [0.1, 0.15) is 11.0 Å². The van der Waals surface area contributed by atoms with Crippen LogP contribution < -0.4 is 4.74 Å². The van der Waals surface area contributed by atoms with Crippen molar-refractivity contribution < 1.29 is 26.3 Å². The maximum absolute atomic E-state index is 12.3. The van der Waals surface area contributed by atoms with Gasteiger partial charge in [0.25, 0.3) is 9.84 Å². The van der Waals surface area contributed by atoms with Gasteiger partial charge in [-0.1, -0.05) is 6.07 Å². The number of ether oxygens (including phenoxy) is 1. The van der Waals surface area contributed by atoms with Gasteiger partial charge in [0.05, 0.1) is 12.7 Å². The normalized spacial score (nSPS) is 11.9. The van der Waals surface area contributed by atoms with Crippen LogP contribution in [0.1, 0.15) is 5.56 Å². The van der Waals surface area contributed by atoms with Crippen molar-refractivity contribution in [2.75, 3.05) is 7.11 Å². The molecule has 0 saturated carbocycles. The molecule has 17 heavy (non-hydrogen) atoms. The van der Waals surface area contributed by atoms with Gasteiger partial charge in [-0.3, -0.25) is 0 Å². The van der Waals surface area contributed by atoms with Crippen LogP contribution in [0.25, 0.3) is 0 Å². The SMILES string of the molecule is COc1c(C#N)cccc1S(=O)(=O)C(F)(F)F. The number of para-hydroxylation sites is 1. The van der Waals surface area contributed by atoms with Crippen LogP contribution in [0.5, 0.6) is 5.75 Å². The minimum atomic E-state index is -5.53. The molecule has 0 aliphatic carbocycles. The first kappa shape index (κ1) is 13.3. The molecule has 4 nitrogen and oxygen atoms in total. The van der Waals surface area contributed by atoms with Crippen LogP contribution >= 0.6 is 0 Å². The highest BCUT2D eigenvalue weighted by molar-refractivity contribution is 7.92. The molecule has 0 radical (unpaired) electrons. The summed E-state index contributed by atoms with van der Waals surface area (Å²) in [6, 6.07) is 4.49. The van der Waals surface area contributed by atoms with Gasteiger partial charge < -0.3 is 4.74 Å². The van der Waals surface area contributed by atoms with E-state index < -0.39 is 26.0 Å². The summed E-state index contributed by atoms with van der Waals surface area (Å²) < 4.78 is 64.0. The standard InChI is InChI=1S/C9H6F3NO3S/c1-16-8-6(5-13)3-2-4-7(8)17(14,15)9(10,11)12/h2-4H,1H3. The fourth-order valence-corrected chi connectivity index (χ4v) is 2.10. The van der Waals surface area contributed by atoms with E-state index in [0.29, 0.717) is 0 Å². The zero-order valence-electron chi connectivity index (χ0n) is 8.45. The lowest BCUT2D eigenvalue weighted by molar-refractivity contribution is -0.0437. The first-order chi connectivity index (χ1) is 7.75. The molecule has 1 aromatic carbocycles. The zero-order chi connectivity index (χ0) is 13.3. The second-order valence-corrected chi connectivity index (χ2v) is 4.81. The lowest BCUT2D eigenvalue weighted by atomic mass is 10.2. The fourth-order valence-electron chi connectivity index (χ4n) is 1.15. The van der Waals surface area contributed by atoms with E-state index in [-0.39, 0.29) is 5.56 Å². The van der Waals surface area contributed by atoms with Crippen molar-refractivity contribution in [3.8, 4) is 11.8 Å². The summed E-state index contributed by atoms with van der Waals surface area (Å²) in [4.78, 5) is -1.06. The highest BCUT2D eigenvalue weighted by Gasteiger charge is 2.48. The number of nitrogens with zero attached hydrogens (tertiary/aromatic N) is 1. The molecule has 0 aliphatic heterocycles. The number of methoxy groups -OCH3 is 1. The van der Waals surface area contributed by atoms with E-state index >= 15 is 0 Å². The third kappa shape index (κ3) is 2.19. The van der Waals surface area contributed by atoms with Crippen molar-refractivity contribution in [2.24, 2.45) is 0 Å². The summed E-state index contributed by atoms with van der Waals surface area (Å²) in [7, 11) is -4.54. The molecule has 0 fully saturated rings. The average Bonchev–Trinajstić information content (AvgIpc) is 2.26. The molecule has 0 saturated heterocycles. The lowest BCUT2D eigenvalue weighted by Gasteiger charge is -2.12. The molecule has 0 aliphatic rings. The molecule has 0 aromatic heterocycles. The molecule has 0 heterocycles. The van der Waals surface area contributed by atoms with E-state index in [2.05, 4.69) is 4.74 Å². The maximum Gasteiger partial charge on any atom is 0.502 e. The number of rotatable bonds is 2. The number of sulfone groups is 1. The molecule has 92 valence electrons. The molecule has 1 rings (SSSR count). The molecule has 0 spiro atoms. The first-order valence-corrected chi connectivity index (χ1v) is 5.62. The summed E-state index contributed by atoms with van der Waals surface area (Å²) in [5.74, 6) is -0.604. The second-order valence-electron chi connectivity index (χ2n) is 2.90. The van der Waals surface area contributed by atoms with E-state index in [9.17, 15) is 21.6 Å². The third-order valence-corrected chi connectivity index (χ3v) is 3.41. The Morgan fingerprint density at radius 1 is 1.35 bits per heavy atom. The molecular formula is C9H6F3NO3S. The average molecular weight is 265 g/mol. The van der Waals surface area contributed by atoms with Gasteiger partial charge in [-0.05, 0) is 12.1 Å². The first-order valence-electron chi connectivity index (χ1n) is 4.14. The van der Waals surface area contributed by atoms with Crippen molar-refractivity contribution >= 4 is 9.84 Å². The van der Waals surface area contributed by atoms with Crippen molar-refractivity contribution in [1.29, 1.82) is 5.26 Å².